The number of nitrogens with zero attached hydrogens (tertiary/aromatic N) is 2. The van der Waals surface area contributed by atoms with Crippen molar-refractivity contribution in [3.8, 4) is 0 Å². The Bertz CT molecular complexity index is 382. The first kappa shape index (κ1) is 13.8. The molecule has 1 N–H and O–H groups in total. The predicted octanol–water partition coefficient (Wildman–Crippen LogP) is 2.28. The third-order valence-corrected chi connectivity index (χ3v) is 5.07. The first-order valence-corrected chi connectivity index (χ1v) is 7.38. The summed E-state index contributed by atoms with van der Waals surface area (Å²) >= 11 is 1.78. The van der Waals surface area contributed by atoms with Gasteiger partial charge in [0, 0.05) is 37.3 Å². The zero-order valence-electron chi connectivity index (χ0n) is 11.6. The Kier molecular flexibility index (Phi) is 4.59. The lowest BCUT2D eigenvalue weighted by atomic mass is 9.96. The summed E-state index contributed by atoms with van der Waals surface area (Å²) in [4.78, 5) is 8.20. The van der Waals surface area contributed by atoms with Crippen molar-refractivity contribution in [2.45, 2.75) is 32.4 Å². The van der Waals surface area contributed by atoms with Crippen molar-refractivity contribution < 1.29 is 4.74 Å². The van der Waals surface area contributed by atoms with Crippen molar-refractivity contribution in [1.82, 2.24) is 10.3 Å². The van der Waals surface area contributed by atoms with Crippen LogP contribution in [0.4, 0.5) is 5.13 Å². The SMILES string of the molecule is CNC(C)c1cnc(N2CCC(C)C(OC)C2)s1. The maximum Gasteiger partial charge on any atom is 0.185 e. The summed E-state index contributed by atoms with van der Waals surface area (Å²) < 4.78 is 5.55. The molecule has 0 bridgehead atoms. The van der Waals surface area contributed by atoms with Gasteiger partial charge in [-0.3, -0.25) is 0 Å². The van der Waals surface area contributed by atoms with Gasteiger partial charge in [0.2, 0.25) is 0 Å². The van der Waals surface area contributed by atoms with E-state index in [9.17, 15) is 0 Å². The summed E-state index contributed by atoms with van der Waals surface area (Å²) in [6.07, 6.45) is 3.49. The van der Waals surface area contributed by atoms with Crippen LogP contribution < -0.4 is 10.2 Å². The minimum Gasteiger partial charge on any atom is -0.379 e. The number of rotatable bonds is 4. The molecule has 102 valence electrons. The molecule has 2 heterocycles. The number of hydrogen-bond acceptors (Lipinski definition) is 5. The van der Waals surface area contributed by atoms with Crippen LogP contribution in [-0.4, -0.2) is 38.3 Å². The van der Waals surface area contributed by atoms with Crippen molar-refractivity contribution in [3.05, 3.63) is 11.1 Å². The van der Waals surface area contributed by atoms with E-state index in [0.717, 1.165) is 18.2 Å². The van der Waals surface area contributed by atoms with E-state index in [4.69, 9.17) is 4.74 Å². The molecule has 0 aromatic carbocycles. The Labute approximate surface area is 113 Å². The highest BCUT2D eigenvalue weighted by atomic mass is 32.1. The highest BCUT2D eigenvalue weighted by Crippen LogP contribution is 2.30. The molecule has 1 aliphatic rings. The molecule has 2 rings (SSSR count). The maximum absolute atomic E-state index is 5.55. The molecule has 1 aromatic heterocycles. The standard InChI is InChI=1S/C13H23N3OS/c1-9-5-6-16(8-11(9)17-4)13-15-7-12(18-13)10(2)14-3/h7,9-11,14H,5-6,8H2,1-4H3. The molecule has 0 saturated carbocycles. The molecule has 18 heavy (non-hydrogen) atoms. The minimum absolute atomic E-state index is 0.327. The summed E-state index contributed by atoms with van der Waals surface area (Å²) in [6.45, 7) is 6.47. The van der Waals surface area contributed by atoms with Gasteiger partial charge in [-0.15, -0.1) is 11.3 Å². The normalized spacial score (nSPS) is 26.3. The second kappa shape index (κ2) is 5.99. The number of anilines is 1. The van der Waals surface area contributed by atoms with E-state index in [2.05, 4.69) is 29.0 Å². The molecule has 0 aliphatic carbocycles. The molecule has 0 radical (unpaired) electrons. The second-order valence-electron chi connectivity index (χ2n) is 5.04. The molecule has 1 aliphatic heterocycles. The van der Waals surface area contributed by atoms with Gasteiger partial charge >= 0.3 is 0 Å². The van der Waals surface area contributed by atoms with E-state index in [0.29, 0.717) is 18.1 Å². The van der Waals surface area contributed by atoms with Crippen molar-refractivity contribution in [3.63, 3.8) is 0 Å². The van der Waals surface area contributed by atoms with Gasteiger partial charge in [-0.05, 0) is 26.3 Å². The molecule has 4 nitrogen and oxygen atoms in total. The summed E-state index contributed by atoms with van der Waals surface area (Å²) in [5.74, 6) is 0.641. The molecule has 1 aromatic rings. The number of hydrogen-bond donors (Lipinski definition) is 1. The van der Waals surface area contributed by atoms with Gasteiger partial charge in [-0.1, -0.05) is 6.92 Å². The van der Waals surface area contributed by atoms with E-state index < -0.39 is 0 Å². The van der Waals surface area contributed by atoms with Gasteiger partial charge in [-0.2, -0.15) is 0 Å². The molecule has 3 atom stereocenters. The van der Waals surface area contributed by atoms with Gasteiger partial charge < -0.3 is 15.0 Å². The maximum atomic E-state index is 5.55. The van der Waals surface area contributed by atoms with Crippen molar-refractivity contribution in [2.75, 3.05) is 32.1 Å². The average molecular weight is 269 g/mol. The Morgan fingerprint density at radius 3 is 3.06 bits per heavy atom. The third-order valence-electron chi connectivity index (χ3n) is 3.83. The summed E-state index contributed by atoms with van der Waals surface area (Å²) in [7, 11) is 3.79. The smallest absolute Gasteiger partial charge is 0.185 e. The molecule has 0 spiro atoms. The number of methoxy groups -OCH3 is 1. The molecule has 1 saturated heterocycles. The number of nitrogens with one attached hydrogen (secondary N) is 1. The number of aromatic nitrogens is 1. The Hall–Kier alpha value is -0.650. The highest BCUT2D eigenvalue weighted by Gasteiger charge is 2.27. The van der Waals surface area contributed by atoms with Gasteiger partial charge in [0.25, 0.3) is 0 Å². The minimum atomic E-state index is 0.327. The van der Waals surface area contributed by atoms with E-state index in [1.807, 2.05) is 13.2 Å². The number of thiazole rings is 1. The Morgan fingerprint density at radius 1 is 1.61 bits per heavy atom. The zero-order chi connectivity index (χ0) is 13.1. The van der Waals surface area contributed by atoms with Crippen LogP contribution in [0.5, 0.6) is 0 Å². The van der Waals surface area contributed by atoms with Crippen LogP contribution in [0.3, 0.4) is 0 Å². The van der Waals surface area contributed by atoms with Crippen LogP contribution >= 0.6 is 11.3 Å². The van der Waals surface area contributed by atoms with Crippen LogP contribution in [0.1, 0.15) is 31.2 Å². The highest BCUT2D eigenvalue weighted by molar-refractivity contribution is 7.15. The quantitative estimate of drug-likeness (QED) is 0.910. The zero-order valence-corrected chi connectivity index (χ0v) is 12.5. The summed E-state index contributed by atoms with van der Waals surface area (Å²) in [5.41, 5.74) is 0. The van der Waals surface area contributed by atoms with E-state index in [1.54, 1.807) is 18.4 Å². The van der Waals surface area contributed by atoms with Crippen molar-refractivity contribution in [2.24, 2.45) is 5.92 Å². The molecule has 3 unspecified atom stereocenters. The topological polar surface area (TPSA) is 37.4 Å². The van der Waals surface area contributed by atoms with Gasteiger partial charge in [0.1, 0.15) is 0 Å². The summed E-state index contributed by atoms with van der Waals surface area (Å²) in [6, 6.07) is 0.373. The first-order chi connectivity index (χ1) is 8.65. The predicted molar refractivity (Wildman–Crippen MR) is 76.4 cm³/mol. The molecule has 5 heteroatoms. The average Bonchev–Trinajstić information content (AvgIpc) is 2.88. The first-order valence-electron chi connectivity index (χ1n) is 6.56. The fourth-order valence-electron chi connectivity index (χ4n) is 2.28. The van der Waals surface area contributed by atoms with Crippen molar-refractivity contribution in [1.29, 1.82) is 0 Å². The lowest BCUT2D eigenvalue weighted by molar-refractivity contribution is 0.0498. The monoisotopic (exact) mass is 269 g/mol. The van der Waals surface area contributed by atoms with Gasteiger partial charge in [-0.25, -0.2) is 4.98 Å². The van der Waals surface area contributed by atoms with Gasteiger partial charge in [0.05, 0.1) is 6.10 Å². The van der Waals surface area contributed by atoms with Crippen LogP contribution in [0, 0.1) is 5.92 Å². The Balaban J connectivity index is 2.05. The van der Waals surface area contributed by atoms with Crippen LogP contribution in [0.2, 0.25) is 0 Å². The fraction of sp³-hybridized carbons (Fsp3) is 0.769. The molecule has 0 amide bonds. The third kappa shape index (κ3) is 2.84. The van der Waals surface area contributed by atoms with Gasteiger partial charge in [0.15, 0.2) is 5.13 Å². The number of ether oxygens (including phenoxy) is 1. The van der Waals surface area contributed by atoms with E-state index in [-0.39, 0.29) is 0 Å². The molecular weight excluding hydrogens is 246 g/mol. The van der Waals surface area contributed by atoms with Crippen LogP contribution in [-0.2, 0) is 4.74 Å². The summed E-state index contributed by atoms with van der Waals surface area (Å²) in [5, 5.41) is 4.38. The van der Waals surface area contributed by atoms with Crippen molar-refractivity contribution >= 4 is 16.5 Å². The molecule has 1 fully saturated rings. The largest absolute Gasteiger partial charge is 0.379 e. The van der Waals surface area contributed by atoms with E-state index >= 15 is 0 Å². The lowest BCUT2D eigenvalue weighted by Gasteiger charge is -2.36. The van der Waals surface area contributed by atoms with Crippen LogP contribution in [0.25, 0.3) is 0 Å². The van der Waals surface area contributed by atoms with Crippen LogP contribution in [0.15, 0.2) is 6.20 Å². The molecular formula is C13H23N3OS. The Morgan fingerprint density at radius 2 is 2.39 bits per heavy atom. The lowest BCUT2D eigenvalue weighted by Crippen LogP contribution is -2.43. The number of piperidine rings is 1. The van der Waals surface area contributed by atoms with E-state index in [1.165, 1.54) is 11.3 Å². The second-order valence-corrected chi connectivity index (χ2v) is 6.08. The fourth-order valence-corrected chi connectivity index (χ4v) is 3.29.